The van der Waals surface area contributed by atoms with E-state index in [1.807, 2.05) is 0 Å². The Kier molecular flexibility index (Phi) is 7.99. The smallest absolute Gasteiger partial charge is 0.223 e. The third-order valence-corrected chi connectivity index (χ3v) is 4.71. The quantitative estimate of drug-likeness (QED) is 0.300. The number of nitrogens with one attached hydrogen (secondary N) is 2. The summed E-state index contributed by atoms with van der Waals surface area (Å²) in [6, 6.07) is 10.7. The molecule has 138 valence electrons. The minimum absolute atomic E-state index is 0. The number of amides is 1. The maximum atomic E-state index is 11.6. The highest BCUT2D eigenvalue weighted by Crippen LogP contribution is 2.28. The van der Waals surface area contributed by atoms with Crippen molar-refractivity contribution < 1.29 is 4.79 Å². The highest BCUT2D eigenvalue weighted by atomic mass is 127. The molecule has 1 atom stereocenters. The summed E-state index contributed by atoms with van der Waals surface area (Å²) in [5.41, 5.74) is 1.41. The zero-order valence-electron chi connectivity index (χ0n) is 14.9. The molecule has 2 N–H and O–H groups in total. The Morgan fingerprint density at radius 2 is 1.96 bits per heavy atom. The minimum atomic E-state index is 0. The Balaban J connectivity index is 0.00000225. The molecule has 2 fully saturated rings. The molecule has 6 heteroatoms. The van der Waals surface area contributed by atoms with Gasteiger partial charge in [0.15, 0.2) is 5.96 Å². The lowest BCUT2D eigenvalue weighted by molar-refractivity contribution is -0.122. The van der Waals surface area contributed by atoms with E-state index in [9.17, 15) is 4.79 Å². The van der Waals surface area contributed by atoms with Crippen LogP contribution in [0.15, 0.2) is 35.3 Å². The lowest BCUT2D eigenvalue weighted by atomic mass is 9.99. The Morgan fingerprint density at radius 3 is 2.64 bits per heavy atom. The van der Waals surface area contributed by atoms with Crippen molar-refractivity contribution in [3.8, 4) is 0 Å². The monoisotopic (exact) mass is 456 g/mol. The normalized spacial score (nSPS) is 20.1. The van der Waals surface area contributed by atoms with Crippen LogP contribution in [0.25, 0.3) is 0 Å². The fraction of sp³-hybridized carbons (Fsp3) is 0.579. The number of carbonyl (C=O) groups excluding carboxylic acids is 1. The number of halogens is 1. The number of rotatable bonds is 6. The van der Waals surface area contributed by atoms with Gasteiger partial charge in [0.2, 0.25) is 5.91 Å². The average molecular weight is 456 g/mol. The summed E-state index contributed by atoms with van der Waals surface area (Å²) in [6.07, 6.45) is 3.26. The van der Waals surface area contributed by atoms with Crippen molar-refractivity contribution in [2.24, 2.45) is 10.9 Å². The second-order valence-corrected chi connectivity index (χ2v) is 6.64. The van der Waals surface area contributed by atoms with E-state index < -0.39 is 0 Å². The summed E-state index contributed by atoms with van der Waals surface area (Å²) in [7, 11) is 0. The van der Waals surface area contributed by atoms with Crippen molar-refractivity contribution in [3.63, 3.8) is 0 Å². The molecule has 5 nitrogen and oxygen atoms in total. The molecule has 0 spiro atoms. The second-order valence-electron chi connectivity index (χ2n) is 6.64. The van der Waals surface area contributed by atoms with Crippen LogP contribution < -0.4 is 10.6 Å². The summed E-state index contributed by atoms with van der Waals surface area (Å²) in [4.78, 5) is 18.7. The molecule has 0 radical (unpaired) electrons. The van der Waals surface area contributed by atoms with Crippen LogP contribution in [0.5, 0.6) is 0 Å². The number of guanidine groups is 1. The lowest BCUT2D eigenvalue weighted by Gasteiger charge is -2.21. The van der Waals surface area contributed by atoms with Crippen LogP contribution >= 0.6 is 24.0 Å². The van der Waals surface area contributed by atoms with Gasteiger partial charge in [-0.3, -0.25) is 9.79 Å². The molecule has 1 aromatic carbocycles. The van der Waals surface area contributed by atoms with Crippen molar-refractivity contribution in [1.82, 2.24) is 15.5 Å². The van der Waals surface area contributed by atoms with Crippen molar-refractivity contribution >= 4 is 35.8 Å². The van der Waals surface area contributed by atoms with E-state index in [1.54, 1.807) is 0 Å². The van der Waals surface area contributed by atoms with Gasteiger partial charge in [0.05, 0.1) is 6.54 Å². The highest BCUT2D eigenvalue weighted by Gasteiger charge is 2.29. The van der Waals surface area contributed by atoms with E-state index >= 15 is 0 Å². The Hall–Kier alpha value is -1.31. The molecule has 0 aromatic heterocycles. The Labute approximate surface area is 167 Å². The van der Waals surface area contributed by atoms with E-state index in [0.717, 1.165) is 44.9 Å². The Bertz CT molecular complexity index is 574. The van der Waals surface area contributed by atoms with Crippen LogP contribution in [0.2, 0.25) is 0 Å². The summed E-state index contributed by atoms with van der Waals surface area (Å²) in [5, 5.41) is 6.36. The van der Waals surface area contributed by atoms with Gasteiger partial charge in [-0.25, -0.2) is 0 Å². The fourth-order valence-corrected chi connectivity index (χ4v) is 3.21. The largest absolute Gasteiger partial charge is 0.357 e. The van der Waals surface area contributed by atoms with Crippen LogP contribution in [0.1, 0.15) is 37.7 Å². The molecular weight excluding hydrogens is 427 g/mol. The summed E-state index contributed by atoms with van der Waals surface area (Å²) in [5.74, 6) is 2.01. The number of nitrogens with zero attached hydrogens (tertiary/aromatic N) is 2. The van der Waals surface area contributed by atoms with E-state index in [1.165, 1.54) is 5.56 Å². The Morgan fingerprint density at radius 1 is 1.20 bits per heavy atom. The molecule has 1 aliphatic carbocycles. The molecule has 1 unspecified atom stereocenters. The average Bonchev–Trinajstić information content (AvgIpc) is 3.35. The summed E-state index contributed by atoms with van der Waals surface area (Å²) in [6.45, 7) is 6.24. The van der Waals surface area contributed by atoms with Gasteiger partial charge < -0.3 is 15.5 Å². The topological polar surface area (TPSA) is 56.7 Å². The van der Waals surface area contributed by atoms with Crippen LogP contribution in [0.3, 0.4) is 0 Å². The van der Waals surface area contributed by atoms with Crippen LogP contribution in [-0.2, 0) is 4.79 Å². The molecule has 1 saturated carbocycles. The first-order chi connectivity index (χ1) is 11.8. The van der Waals surface area contributed by atoms with Crippen LogP contribution in [0.4, 0.5) is 0 Å². The van der Waals surface area contributed by atoms with Gasteiger partial charge in [0.25, 0.3) is 0 Å². The number of hydrogen-bond acceptors (Lipinski definition) is 2. The second kappa shape index (κ2) is 9.99. The maximum Gasteiger partial charge on any atom is 0.223 e. The molecule has 1 heterocycles. The van der Waals surface area contributed by atoms with E-state index in [0.29, 0.717) is 19.0 Å². The predicted molar refractivity (Wildman–Crippen MR) is 113 cm³/mol. The molecule has 25 heavy (non-hydrogen) atoms. The third kappa shape index (κ3) is 5.87. The van der Waals surface area contributed by atoms with Gasteiger partial charge in [-0.1, -0.05) is 30.3 Å². The lowest BCUT2D eigenvalue weighted by Crippen LogP contribution is -2.40. The zero-order chi connectivity index (χ0) is 16.8. The number of carbonyl (C=O) groups is 1. The minimum Gasteiger partial charge on any atom is -0.357 e. The molecular formula is C19H29IN4O. The van der Waals surface area contributed by atoms with Crippen LogP contribution in [0, 0.1) is 5.92 Å². The highest BCUT2D eigenvalue weighted by molar-refractivity contribution is 14.0. The first kappa shape index (κ1) is 20.0. The first-order valence-corrected chi connectivity index (χ1v) is 9.14. The van der Waals surface area contributed by atoms with Crippen LogP contribution in [-0.4, -0.2) is 49.5 Å². The van der Waals surface area contributed by atoms with Gasteiger partial charge in [0.1, 0.15) is 0 Å². The molecule has 1 aromatic rings. The summed E-state index contributed by atoms with van der Waals surface area (Å²) < 4.78 is 0. The van der Waals surface area contributed by atoms with Gasteiger partial charge in [-0.2, -0.15) is 0 Å². The van der Waals surface area contributed by atoms with Gasteiger partial charge in [-0.15, -0.1) is 24.0 Å². The van der Waals surface area contributed by atoms with Crippen molar-refractivity contribution in [3.05, 3.63) is 35.9 Å². The molecule has 1 amide bonds. The molecule has 2 aliphatic rings. The number of likely N-dealkylation sites (tertiary alicyclic amines) is 1. The van der Waals surface area contributed by atoms with Gasteiger partial charge >= 0.3 is 0 Å². The predicted octanol–water partition coefficient (Wildman–Crippen LogP) is 2.59. The van der Waals surface area contributed by atoms with Gasteiger partial charge in [0, 0.05) is 38.0 Å². The van der Waals surface area contributed by atoms with Crippen molar-refractivity contribution in [2.45, 2.75) is 32.1 Å². The summed E-state index contributed by atoms with van der Waals surface area (Å²) >= 11 is 0. The SMILES string of the molecule is CCNC(=NCCNC(=O)C1CC1)N1CCC(c2ccccc2)C1.I. The van der Waals surface area contributed by atoms with Crippen molar-refractivity contribution in [2.75, 3.05) is 32.7 Å². The first-order valence-electron chi connectivity index (χ1n) is 9.14. The van der Waals surface area contributed by atoms with E-state index in [2.05, 4.69) is 52.8 Å². The molecule has 3 rings (SSSR count). The zero-order valence-corrected chi connectivity index (χ0v) is 17.2. The molecule has 0 bridgehead atoms. The van der Waals surface area contributed by atoms with E-state index in [-0.39, 0.29) is 35.8 Å². The molecule has 1 aliphatic heterocycles. The van der Waals surface area contributed by atoms with Gasteiger partial charge in [-0.05, 0) is 31.7 Å². The maximum absolute atomic E-state index is 11.6. The van der Waals surface area contributed by atoms with Crippen molar-refractivity contribution in [1.29, 1.82) is 0 Å². The molecule has 1 saturated heterocycles. The number of benzene rings is 1. The third-order valence-electron chi connectivity index (χ3n) is 4.71. The number of aliphatic imine (C=N–C) groups is 1. The van der Waals surface area contributed by atoms with E-state index in [4.69, 9.17) is 4.99 Å². The number of hydrogen-bond donors (Lipinski definition) is 2. The standard InChI is InChI=1S/C19H28N4O.HI/c1-2-20-19(22-12-11-21-18(24)16-8-9-16)23-13-10-17(14-23)15-6-4-3-5-7-15;/h3-7,16-17H,2,8-14H2,1H3,(H,20,22)(H,21,24);1H. The fourth-order valence-electron chi connectivity index (χ4n) is 3.21.